The molecule has 0 aliphatic heterocycles. The summed E-state index contributed by atoms with van der Waals surface area (Å²) in [6, 6.07) is 15.9. The van der Waals surface area contributed by atoms with Gasteiger partial charge < -0.3 is 18.4 Å². The van der Waals surface area contributed by atoms with Gasteiger partial charge in [-0.15, -0.1) is 0 Å². The number of ether oxygens (including phenoxy) is 2. The van der Waals surface area contributed by atoms with Crippen LogP contribution in [0.4, 0.5) is 0 Å². The van der Waals surface area contributed by atoms with Gasteiger partial charge >= 0.3 is 0 Å². The number of aromatic nitrogens is 2. The first-order valence-corrected chi connectivity index (χ1v) is 9.03. The van der Waals surface area contributed by atoms with E-state index in [1.165, 1.54) is 0 Å². The van der Waals surface area contributed by atoms with Gasteiger partial charge in [-0.3, -0.25) is 0 Å². The third-order valence-corrected chi connectivity index (χ3v) is 4.44. The normalized spacial score (nSPS) is 10.8. The Balaban J connectivity index is 1.48. The number of hydrogen-bond donors (Lipinski definition) is 0. The maximum absolute atomic E-state index is 6.19. The van der Waals surface area contributed by atoms with Crippen molar-refractivity contribution in [1.29, 1.82) is 0 Å². The van der Waals surface area contributed by atoms with E-state index in [9.17, 15) is 0 Å². The molecule has 0 fully saturated rings. The van der Waals surface area contributed by atoms with E-state index >= 15 is 0 Å². The Morgan fingerprint density at radius 1 is 1.00 bits per heavy atom. The lowest BCUT2D eigenvalue weighted by Crippen LogP contribution is -1.94. The Labute approximate surface area is 170 Å². The van der Waals surface area contributed by atoms with E-state index in [1.54, 1.807) is 43.5 Å². The number of rotatable bonds is 6. The SMILES string of the molecule is COc1cccc(OCc2ccc(-c3nc(-c4ccc(Cl)cc4Cl)no3)o2)c1. The number of nitrogens with zero attached hydrogens (tertiary/aromatic N) is 2. The maximum atomic E-state index is 6.19. The van der Waals surface area contributed by atoms with Crippen molar-refractivity contribution in [3.05, 3.63) is 70.4 Å². The van der Waals surface area contributed by atoms with E-state index in [2.05, 4.69) is 10.1 Å². The predicted octanol–water partition coefficient (Wildman–Crippen LogP) is 5.89. The summed E-state index contributed by atoms with van der Waals surface area (Å²) in [5.41, 5.74) is 0.620. The second-order valence-electron chi connectivity index (χ2n) is 5.78. The molecule has 0 saturated heterocycles. The molecule has 0 N–H and O–H groups in total. The van der Waals surface area contributed by atoms with E-state index in [-0.39, 0.29) is 12.5 Å². The highest BCUT2D eigenvalue weighted by molar-refractivity contribution is 6.36. The molecule has 2 aromatic carbocycles. The van der Waals surface area contributed by atoms with E-state index in [4.69, 9.17) is 41.6 Å². The van der Waals surface area contributed by atoms with Gasteiger partial charge in [-0.2, -0.15) is 4.98 Å². The molecule has 4 aromatic rings. The van der Waals surface area contributed by atoms with Crippen molar-refractivity contribution in [2.45, 2.75) is 6.61 Å². The van der Waals surface area contributed by atoms with Crippen LogP contribution < -0.4 is 9.47 Å². The van der Waals surface area contributed by atoms with Crippen molar-refractivity contribution in [3.8, 4) is 34.5 Å². The quantitative estimate of drug-likeness (QED) is 0.390. The van der Waals surface area contributed by atoms with Crippen LogP contribution in [0.1, 0.15) is 5.76 Å². The minimum atomic E-state index is 0.244. The van der Waals surface area contributed by atoms with Gasteiger partial charge in [0.25, 0.3) is 5.89 Å². The molecule has 28 heavy (non-hydrogen) atoms. The summed E-state index contributed by atoms with van der Waals surface area (Å²) in [4.78, 5) is 4.34. The van der Waals surface area contributed by atoms with E-state index in [0.29, 0.717) is 38.7 Å². The number of methoxy groups -OCH3 is 1. The fourth-order valence-corrected chi connectivity index (χ4v) is 3.01. The van der Waals surface area contributed by atoms with Gasteiger partial charge in [-0.25, -0.2) is 0 Å². The third kappa shape index (κ3) is 3.98. The van der Waals surface area contributed by atoms with Gasteiger partial charge in [0.15, 0.2) is 5.76 Å². The standard InChI is InChI=1S/C20H14Cl2N2O4/c1-25-13-3-2-4-14(10-13)26-11-15-6-8-18(27-15)20-23-19(24-28-20)16-7-5-12(21)9-17(16)22/h2-10H,11H2,1H3. The maximum Gasteiger partial charge on any atom is 0.293 e. The highest BCUT2D eigenvalue weighted by Crippen LogP contribution is 2.30. The zero-order valence-electron chi connectivity index (χ0n) is 14.7. The van der Waals surface area contributed by atoms with Crippen molar-refractivity contribution in [2.24, 2.45) is 0 Å². The average Bonchev–Trinajstić information content (AvgIpc) is 3.36. The molecule has 8 heteroatoms. The van der Waals surface area contributed by atoms with Gasteiger partial charge in [0.2, 0.25) is 5.82 Å². The first-order valence-electron chi connectivity index (χ1n) is 8.27. The van der Waals surface area contributed by atoms with Gasteiger partial charge in [0, 0.05) is 16.7 Å². The first-order chi connectivity index (χ1) is 13.6. The molecule has 142 valence electrons. The largest absolute Gasteiger partial charge is 0.497 e. The molecule has 0 saturated carbocycles. The first kappa shape index (κ1) is 18.4. The lowest BCUT2D eigenvalue weighted by Gasteiger charge is -2.05. The summed E-state index contributed by atoms with van der Waals surface area (Å²) in [5, 5.41) is 4.92. The topological polar surface area (TPSA) is 70.5 Å². The molecular formula is C20H14Cl2N2O4. The molecular weight excluding hydrogens is 403 g/mol. The van der Waals surface area contributed by atoms with Crippen LogP contribution in [-0.2, 0) is 6.61 Å². The Morgan fingerprint density at radius 3 is 2.68 bits per heavy atom. The van der Waals surface area contributed by atoms with Crippen LogP contribution >= 0.6 is 23.2 Å². The molecule has 6 nitrogen and oxygen atoms in total. The highest BCUT2D eigenvalue weighted by Gasteiger charge is 2.16. The number of hydrogen-bond acceptors (Lipinski definition) is 6. The highest BCUT2D eigenvalue weighted by atomic mass is 35.5. The average molecular weight is 417 g/mol. The molecule has 0 aliphatic carbocycles. The molecule has 4 rings (SSSR count). The lowest BCUT2D eigenvalue weighted by molar-refractivity contribution is 0.269. The Morgan fingerprint density at radius 2 is 1.86 bits per heavy atom. The summed E-state index contributed by atoms with van der Waals surface area (Å²) in [5.74, 6) is 3.04. The second-order valence-corrected chi connectivity index (χ2v) is 6.62. The fourth-order valence-electron chi connectivity index (χ4n) is 2.52. The number of halogens is 2. The van der Waals surface area contributed by atoms with E-state index in [0.717, 1.165) is 5.75 Å². The lowest BCUT2D eigenvalue weighted by atomic mass is 10.2. The second kappa shape index (κ2) is 7.96. The van der Waals surface area contributed by atoms with Crippen molar-refractivity contribution in [1.82, 2.24) is 10.1 Å². The van der Waals surface area contributed by atoms with Crippen LogP contribution in [0, 0.1) is 0 Å². The number of furan rings is 1. The number of benzene rings is 2. The fraction of sp³-hybridized carbons (Fsp3) is 0.100. The summed E-state index contributed by atoms with van der Waals surface area (Å²) in [6.07, 6.45) is 0. The van der Waals surface area contributed by atoms with Crippen LogP contribution in [0.5, 0.6) is 11.5 Å². The molecule has 0 amide bonds. The predicted molar refractivity (Wildman–Crippen MR) is 105 cm³/mol. The van der Waals surface area contributed by atoms with Crippen LogP contribution in [0.3, 0.4) is 0 Å². The van der Waals surface area contributed by atoms with Crippen LogP contribution in [0.15, 0.2) is 63.5 Å². The van der Waals surface area contributed by atoms with Crippen molar-refractivity contribution >= 4 is 23.2 Å². The molecule has 0 bridgehead atoms. The molecule has 0 spiro atoms. The summed E-state index contributed by atoms with van der Waals surface area (Å²) in [6.45, 7) is 0.247. The monoisotopic (exact) mass is 416 g/mol. The minimum Gasteiger partial charge on any atom is -0.497 e. The third-order valence-electron chi connectivity index (χ3n) is 3.89. The summed E-state index contributed by atoms with van der Waals surface area (Å²) in [7, 11) is 1.60. The molecule has 0 unspecified atom stereocenters. The van der Waals surface area contributed by atoms with Gasteiger partial charge in [-0.1, -0.05) is 34.4 Å². The smallest absolute Gasteiger partial charge is 0.293 e. The Hall–Kier alpha value is -2.96. The van der Waals surface area contributed by atoms with Crippen LogP contribution in [0.25, 0.3) is 23.0 Å². The van der Waals surface area contributed by atoms with Gasteiger partial charge in [0.05, 0.1) is 12.1 Å². The van der Waals surface area contributed by atoms with Gasteiger partial charge in [-0.05, 0) is 42.5 Å². The minimum absolute atomic E-state index is 0.244. The summed E-state index contributed by atoms with van der Waals surface area (Å²) < 4.78 is 21.9. The Bertz CT molecular complexity index is 1110. The Kier molecular flexibility index (Phi) is 5.23. The molecule has 0 radical (unpaired) electrons. The van der Waals surface area contributed by atoms with Crippen molar-refractivity contribution < 1.29 is 18.4 Å². The van der Waals surface area contributed by atoms with E-state index in [1.807, 2.05) is 18.2 Å². The summed E-state index contributed by atoms with van der Waals surface area (Å²) >= 11 is 12.1. The molecule has 2 heterocycles. The zero-order valence-corrected chi connectivity index (χ0v) is 16.2. The molecule has 0 atom stereocenters. The van der Waals surface area contributed by atoms with E-state index < -0.39 is 0 Å². The zero-order chi connectivity index (χ0) is 19.5. The molecule has 2 aromatic heterocycles. The van der Waals surface area contributed by atoms with Crippen molar-refractivity contribution in [2.75, 3.05) is 7.11 Å². The van der Waals surface area contributed by atoms with Crippen LogP contribution in [-0.4, -0.2) is 17.3 Å². The van der Waals surface area contributed by atoms with Crippen molar-refractivity contribution in [3.63, 3.8) is 0 Å². The molecule has 0 aliphatic rings. The van der Waals surface area contributed by atoms with Gasteiger partial charge in [0.1, 0.15) is 23.9 Å². The van der Waals surface area contributed by atoms with Crippen LogP contribution in [0.2, 0.25) is 10.0 Å².